The number of aliphatic hydroxyl groups is 2. The van der Waals surface area contributed by atoms with Gasteiger partial charge in [0.2, 0.25) is 0 Å². The molecule has 2 rings (SSSR count). The lowest BCUT2D eigenvalue weighted by atomic mass is 9.91. The highest BCUT2D eigenvalue weighted by atomic mass is 16.3. The molecule has 0 spiro atoms. The predicted octanol–water partition coefficient (Wildman–Crippen LogP) is 0.107. The first-order chi connectivity index (χ1) is 7.49. The summed E-state index contributed by atoms with van der Waals surface area (Å²) in [4.78, 5) is 1.94. The van der Waals surface area contributed by atoms with E-state index in [9.17, 15) is 10.2 Å². The number of aromatic nitrogens is 2. The summed E-state index contributed by atoms with van der Waals surface area (Å²) in [6, 6.07) is 3.77. The minimum absolute atomic E-state index is 0.394. The van der Waals surface area contributed by atoms with Gasteiger partial charge < -0.3 is 15.1 Å². The molecule has 2 heterocycles. The van der Waals surface area contributed by atoms with E-state index in [1.54, 1.807) is 6.92 Å². The number of hydrogen-bond acceptors (Lipinski definition) is 5. The van der Waals surface area contributed by atoms with E-state index < -0.39 is 11.7 Å². The third-order valence-corrected chi connectivity index (χ3v) is 3.11. The van der Waals surface area contributed by atoms with Crippen molar-refractivity contribution in [2.45, 2.75) is 32.0 Å². The van der Waals surface area contributed by atoms with E-state index in [0.717, 1.165) is 11.5 Å². The van der Waals surface area contributed by atoms with Crippen molar-refractivity contribution in [1.82, 2.24) is 10.2 Å². The summed E-state index contributed by atoms with van der Waals surface area (Å²) >= 11 is 0. The van der Waals surface area contributed by atoms with Gasteiger partial charge in [0.25, 0.3) is 0 Å². The van der Waals surface area contributed by atoms with Crippen molar-refractivity contribution in [2.75, 3.05) is 18.0 Å². The fraction of sp³-hybridized carbons (Fsp3) is 0.636. The first-order valence-electron chi connectivity index (χ1n) is 5.45. The predicted molar refractivity (Wildman–Crippen MR) is 60.2 cm³/mol. The SMILES string of the molecule is Cc1ccc(N2CC[C@](C)(O)[C@@H](O)C2)nn1. The van der Waals surface area contributed by atoms with Crippen LogP contribution in [0.2, 0.25) is 0 Å². The monoisotopic (exact) mass is 223 g/mol. The fourth-order valence-electron chi connectivity index (χ4n) is 1.79. The first-order valence-corrected chi connectivity index (χ1v) is 5.45. The molecule has 5 nitrogen and oxygen atoms in total. The van der Waals surface area contributed by atoms with Gasteiger partial charge in [-0.15, -0.1) is 5.10 Å². The van der Waals surface area contributed by atoms with E-state index in [-0.39, 0.29) is 0 Å². The molecule has 0 bridgehead atoms. The lowest BCUT2D eigenvalue weighted by Gasteiger charge is -2.40. The Bertz CT molecular complexity index is 364. The van der Waals surface area contributed by atoms with Gasteiger partial charge in [0.05, 0.1) is 17.4 Å². The summed E-state index contributed by atoms with van der Waals surface area (Å²) in [5, 5.41) is 27.7. The molecule has 2 atom stereocenters. The minimum Gasteiger partial charge on any atom is -0.388 e. The van der Waals surface area contributed by atoms with Crippen LogP contribution in [0.3, 0.4) is 0 Å². The van der Waals surface area contributed by atoms with E-state index in [4.69, 9.17) is 0 Å². The molecule has 16 heavy (non-hydrogen) atoms. The topological polar surface area (TPSA) is 69.5 Å². The maximum atomic E-state index is 9.84. The molecular weight excluding hydrogens is 206 g/mol. The van der Waals surface area contributed by atoms with Gasteiger partial charge in [0.15, 0.2) is 5.82 Å². The largest absolute Gasteiger partial charge is 0.388 e. The van der Waals surface area contributed by atoms with Gasteiger partial charge in [0.1, 0.15) is 0 Å². The Kier molecular flexibility index (Phi) is 2.82. The Morgan fingerprint density at radius 1 is 1.44 bits per heavy atom. The van der Waals surface area contributed by atoms with Gasteiger partial charge in [-0.3, -0.25) is 0 Å². The van der Waals surface area contributed by atoms with Gasteiger partial charge in [-0.2, -0.15) is 5.10 Å². The zero-order valence-electron chi connectivity index (χ0n) is 9.59. The standard InChI is InChI=1S/C11H17N3O2/c1-8-3-4-10(13-12-8)14-6-5-11(2,16)9(15)7-14/h3-4,9,15-16H,5-7H2,1-2H3/t9-,11-/m0/s1. The molecule has 5 heteroatoms. The number of aliphatic hydroxyl groups excluding tert-OH is 1. The minimum atomic E-state index is -0.991. The third-order valence-electron chi connectivity index (χ3n) is 3.11. The first kappa shape index (κ1) is 11.3. The van der Waals surface area contributed by atoms with E-state index in [1.165, 1.54) is 0 Å². The molecule has 1 aliphatic rings. The fourth-order valence-corrected chi connectivity index (χ4v) is 1.79. The summed E-state index contributed by atoms with van der Waals surface area (Å²) in [6.45, 7) is 4.62. The second-order valence-electron chi connectivity index (χ2n) is 4.60. The van der Waals surface area contributed by atoms with Gasteiger partial charge >= 0.3 is 0 Å². The lowest BCUT2D eigenvalue weighted by molar-refractivity contribution is -0.0723. The zero-order valence-corrected chi connectivity index (χ0v) is 9.59. The highest BCUT2D eigenvalue weighted by Gasteiger charge is 2.36. The number of β-amino-alcohol motifs (C(OH)–C–C–N with tert-alkyl or cyclic N) is 1. The van der Waals surface area contributed by atoms with Gasteiger partial charge in [0, 0.05) is 13.1 Å². The second kappa shape index (κ2) is 3.99. The molecule has 0 radical (unpaired) electrons. The van der Waals surface area contributed by atoms with E-state index in [2.05, 4.69) is 10.2 Å². The number of piperidine rings is 1. The Hall–Kier alpha value is -1.20. The summed E-state index contributed by atoms with van der Waals surface area (Å²) < 4.78 is 0. The molecule has 1 aliphatic heterocycles. The van der Waals surface area contributed by atoms with Crippen LogP contribution in [0.1, 0.15) is 19.0 Å². The van der Waals surface area contributed by atoms with Crippen LogP contribution >= 0.6 is 0 Å². The molecule has 88 valence electrons. The summed E-state index contributed by atoms with van der Waals surface area (Å²) in [6.07, 6.45) is -0.214. The Morgan fingerprint density at radius 2 is 2.19 bits per heavy atom. The van der Waals surface area contributed by atoms with Crippen molar-refractivity contribution in [2.24, 2.45) is 0 Å². The van der Waals surface area contributed by atoms with Gasteiger partial charge in [-0.1, -0.05) is 0 Å². The van der Waals surface area contributed by atoms with E-state index in [0.29, 0.717) is 19.5 Å². The van der Waals surface area contributed by atoms with Crippen LogP contribution in [0.5, 0.6) is 0 Å². The number of nitrogens with zero attached hydrogens (tertiary/aromatic N) is 3. The van der Waals surface area contributed by atoms with E-state index in [1.807, 2.05) is 24.0 Å². The van der Waals surface area contributed by atoms with E-state index >= 15 is 0 Å². The molecule has 0 amide bonds. The maximum Gasteiger partial charge on any atom is 0.151 e. The van der Waals surface area contributed by atoms with Crippen LogP contribution in [-0.2, 0) is 0 Å². The molecule has 2 N–H and O–H groups in total. The van der Waals surface area contributed by atoms with Crippen LogP contribution in [0, 0.1) is 6.92 Å². The Balaban J connectivity index is 2.10. The molecule has 1 fully saturated rings. The third kappa shape index (κ3) is 2.15. The average Bonchev–Trinajstić information content (AvgIpc) is 2.24. The van der Waals surface area contributed by atoms with Crippen molar-refractivity contribution in [3.63, 3.8) is 0 Å². The molecule has 0 unspecified atom stereocenters. The number of aryl methyl sites for hydroxylation is 1. The second-order valence-corrected chi connectivity index (χ2v) is 4.60. The summed E-state index contributed by atoms with van der Waals surface area (Å²) in [5.41, 5.74) is -0.123. The molecular formula is C11H17N3O2. The van der Waals surface area contributed by atoms with Crippen molar-refractivity contribution in [3.05, 3.63) is 17.8 Å². The van der Waals surface area contributed by atoms with Crippen molar-refractivity contribution >= 4 is 5.82 Å². The van der Waals surface area contributed by atoms with Gasteiger partial charge in [-0.25, -0.2) is 0 Å². The molecule has 1 aromatic rings. The summed E-state index contributed by atoms with van der Waals surface area (Å²) in [5.74, 6) is 0.750. The van der Waals surface area contributed by atoms with Gasteiger partial charge in [-0.05, 0) is 32.4 Å². The Morgan fingerprint density at radius 3 is 2.75 bits per heavy atom. The Labute approximate surface area is 94.7 Å². The molecule has 0 aliphatic carbocycles. The van der Waals surface area contributed by atoms with Crippen molar-refractivity contribution in [3.8, 4) is 0 Å². The smallest absolute Gasteiger partial charge is 0.151 e. The number of rotatable bonds is 1. The lowest BCUT2D eigenvalue weighted by Crippen LogP contribution is -2.54. The zero-order chi connectivity index (χ0) is 11.8. The molecule has 0 aromatic carbocycles. The summed E-state index contributed by atoms with van der Waals surface area (Å²) in [7, 11) is 0. The van der Waals surface area contributed by atoms with Crippen molar-refractivity contribution < 1.29 is 10.2 Å². The number of hydrogen-bond donors (Lipinski definition) is 2. The average molecular weight is 223 g/mol. The maximum absolute atomic E-state index is 9.84. The van der Waals surface area contributed by atoms with Crippen LogP contribution < -0.4 is 4.90 Å². The highest BCUT2D eigenvalue weighted by Crippen LogP contribution is 2.24. The highest BCUT2D eigenvalue weighted by molar-refractivity contribution is 5.38. The van der Waals surface area contributed by atoms with Crippen LogP contribution in [-0.4, -0.2) is 45.2 Å². The molecule has 0 saturated carbocycles. The van der Waals surface area contributed by atoms with Crippen LogP contribution in [0.25, 0.3) is 0 Å². The number of anilines is 1. The van der Waals surface area contributed by atoms with Crippen LogP contribution in [0.15, 0.2) is 12.1 Å². The van der Waals surface area contributed by atoms with Crippen molar-refractivity contribution in [1.29, 1.82) is 0 Å². The van der Waals surface area contributed by atoms with Crippen LogP contribution in [0.4, 0.5) is 5.82 Å². The molecule has 1 saturated heterocycles. The normalized spacial score (nSPS) is 30.5. The molecule has 1 aromatic heterocycles. The quantitative estimate of drug-likeness (QED) is 0.707.